The summed E-state index contributed by atoms with van der Waals surface area (Å²) < 4.78 is 4.64. The second kappa shape index (κ2) is 6.42. The smallest absolute Gasteiger partial charge is 0.147 e. The second-order valence-electron chi connectivity index (χ2n) is 8.75. The SMILES string of the molecule is c1ccc2c(c1)c1ccccc1n2-c1ccc2nc3c4cnccc4c4ccccc4n3c2c1. The van der Waals surface area contributed by atoms with Gasteiger partial charge in [0, 0.05) is 39.6 Å². The van der Waals surface area contributed by atoms with E-state index in [0.29, 0.717) is 0 Å². The van der Waals surface area contributed by atoms with Gasteiger partial charge in [-0.15, -0.1) is 0 Å². The van der Waals surface area contributed by atoms with Gasteiger partial charge in [0.15, 0.2) is 0 Å². The summed E-state index contributed by atoms with van der Waals surface area (Å²) in [7, 11) is 0. The number of para-hydroxylation sites is 3. The quantitative estimate of drug-likeness (QED) is 0.254. The molecule has 158 valence electrons. The Balaban J connectivity index is 1.55. The summed E-state index contributed by atoms with van der Waals surface area (Å²) in [6, 6.07) is 34.4. The molecule has 4 heteroatoms. The molecule has 0 saturated carbocycles. The third-order valence-corrected chi connectivity index (χ3v) is 6.97. The summed E-state index contributed by atoms with van der Waals surface area (Å²) in [6.07, 6.45) is 3.78. The maximum absolute atomic E-state index is 5.05. The van der Waals surface area contributed by atoms with E-state index in [1.54, 1.807) is 0 Å². The molecule has 0 unspecified atom stereocenters. The Hall–Kier alpha value is -4.70. The van der Waals surface area contributed by atoms with Crippen LogP contribution < -0.4 is 0 Å². The van der Waals surface area contributed by atoms with E-state index >= 15 is 0 Å². The van der Waals surface area contributed by atoms with Crippen molar-refractivity contribution in [3.8, 4) is 5.69 Å². The Morgan fingerprint density at radius 3 is 1.91 bits per heavy atom. The van der Waals surface area contributed by atoms with E-state index in [4.69, 9.17) is 4.98 Å². The summed E-state index contributed by atoms with van der Waals surface area (Å²) in [5.74, 6) is 0. The number of aromatic nitrogens is 4. The van der Waals surface area contributed by atoms with E-state index in [-0.39, 0.29) is 0 Å². The fraction of sp³-hybridized carbons (Fsp3) is 0. The van der Waals surface area contributed by atoms with Crippen LogP contribution in [0.5, 0.6) is 0 Å². The van der Waals surface area contributed by atoms with Crippen LogP contribution in [0.4, 0.5) is 0 Å². The maximum atomic E-state index is 5.05. The molecule has 0 atom stereocenters. The standard InChI is InChI=1S/C30H18N4/c1-6-12-28-21(7-1)20-15-16-31-18-24(20)30-32-25-14-13-19(17-29(25)34(28)30)33-26-10-4-2-8-22(26)23-9-3-5-11-27(23)33/h1-18H. The van der Waals surface area contributed by atoms with E-state index in [2.05, 4.69) is 111 Å². The molecule has 0 aliphatic rings. The van der Waals surface area contributed by atoms with Crippen LogP contribution in [0.3, 0.4) is 0 Å². The van der Waals surface area contributed by atoms with Crippen LogP contribution in [0.25, 0.3) is 65.8 Å². The summed E-state index contributed by atoms with van der Waals surface area (Å²) in [5.41, 5.74) is 7.70. The minimum atomic E-state index is 0.941. The van der Waals surface area contributed by atoms with Gasteiger partial charge < -0.3 is 4.57 Å². The van der Waals surface area contributed by atoms with E-state index < -0.39 is 0 Å². The molecule has 8 rings (SSSR count). The van der Waals surface area contributed by atoms with Gasteiger partial charge in [0.1, 0.15) is 5.65 Å². The highest BCUT2D eigenvalue weighted by Crippen LogP contribution is 2.35. The fourth-order valence-corrected chi connectivity index (χ4v) is 5.53. The first kappa shape index (κ1) is 17.8. The van der Waals surface area contributed by atoms with Crippen LogP contribution in [-0.4, -0.2) is 18.9 Å². The lowest BCUT2D eigenvalue weighted by molar-refractivity contribution is 1.18. The van der Waals surface area contributed by atoms with Gasteiger partial charge >= 0.3 is 0 Å². The molecule has 0 N–H and O–H groups in total. The Morgan fingerprint density at radius 2 is 1.18 bits per heavy atom. The summed E-state index contributed by atoms with van der Waals surface area (Å²) in [4.78, 5) is 9.46. The average molecular weight is 435 g/mol. The van der Waals surface area contributed by atoms with Gasteiger partial charge in [0.05, 0.1) is 27.6 Å². The van der Waals surface area contributed by atoms with Crippen molar-refractivity contribution < 1.29 is 0 Å². The van der Waals surface area contributed by atoms with Crippen molar-refractivity contribution in [3.63, 3.8) is 0 Å². The van der Waals surface area contributed by atoms with Gasteiger partial charge in [-0.3, -0.25) is 9.38 Å². The van der Waals surface area contributed by atoms with Crippen LogP contribution in [0.1, 0.15) is 0 Å². The number of rotatable bonds is 1. The first-order chi connectivity index (χ1) is 16.9. The maximum Gasteiger partial charge on any atom is 0.147 e. The monoisotopic (exact) mass is 434 g/mol. The van der Waals surface area contributed by atoms with Crippen LogP contribution in [0, 0.1) is 0 Å². The van der Waals surface area contributed by atoms with Crippen LogP contribution >= 0.6 is 0 Å². The summed E-state index contributed by atoms with van der Waals surface area (Å²) >= 11 is 0. The number of imidazole rings is 1. The van der Waals surface area contributed by atoms with Gasteiger partial charge in [-0.05, 0) is 47.9 Å². The third kappa shape index (κ3) is 2.22. The Morgan fingerprint density at radius 1 is 0.529 bits per heavy atom. The number of pyridine rings is 2. The summed E-state index contributed by atoms with van der Waals surface area (Å²) in [5, 5.41) is 5.97. The average Bonchev–Trinajstić information content (AvgIpc) is 3.45. The third-order valence-electron chi connectivity index (χ3n) is 6.97. The molecule has 0 saturated heterocycles. The van der Waals surface area contributed by atoms with E-state index in [1.165, 1.54) is 32.6 Å². The van der Waals surface area contributed by atoms with E-state index in [9.17, 15) is 0 Å². The molecule has 0 aliphatic carbocycles. The molecule has 0 spiro atoms. The lowest BCUT2D eigenvalue weighted by Gasteiger charge is -2.10. The Labute approximate surface area is 194 Å². The topological polar surface area (TPSA) is 35.1 Å². The highest BCUT2D eigenvalue weighted by Gasteiger charge is 2.16. The fourth-order valence-electron chi connectivity index (χ4n) is 5.53. The number of hydrogen-bond donors (Lipinski definition) is 0. The van der Waals surface area contributed by atoms with E-state index in [0.717, 1.165) is 33.3 Å². The van der Waals surface area contributed by atoms with Gasteiger partial charge in [-0.1, -0.05) is 54.6 Å². The molecule has 0 radical (unpaired) electrons. The van der Waals surface area contributed by atoms with Crippen LogP contribution in [-0.2, 0) is 0 Å². The molecule has 34 heavy (non-hydrogen) atoms. The molecule has 4 aromatic carbocycles. The van der Waals surface area contributed by atoms with Gasteiger partial charge in [0.25, 0.3) is 0 Å². The Bertz CT molecular complexity index is 2020. The van der Waals surface area contributed by atoms with Crippen molar-refractivity contribution in [3.05, 3.63) is 109 Å². The largest absolute Gasteiger partial charge is 0.309 e. The first-order valence-electron chi connectivity index (χ1n) is 11.4. The predicted molar refractivity (Wildman–Crippen MR) is 140 cm³/mol. The van der Waals surface area contributed by atoms with Gasteiger partial charge in [-0.25, -0.2) is 4.98 Å². The number of benzene rings is 4. The molecular formula is C30H18N4. The highest BCUT2D eigenvalue weighted by atomic mass is 15.0. The zero-order valence-electron chi connectivity index (χ0n) is 18.2. The minimum absolute atomic E-state index is 0.941. The van der Waals surface area contributed by atoms with Crippen molar-refractivity contribution in [1.29, 1.82) is 0 Å². The van der Waals surface area contributed by atoms with Gasteiger partial charge in [0.2, 0.25) is 0 Å². The summed E-state index contributed by atoms with van der Waals surface area (Å²) in [6.45, 7) is 0. The molecule has 0 bridgehead atoms. The number of nitrogens with zero attached hydrogens (tertiary/aromatic N) is 4. The van der Waals surface area contributed by atoms with Crippen LogP contribution in [0.15, 0.2) is 109 Å². The van der Waals surface area contributed by atoms with Crippen molar-refractivity contribution in [2.75, 3.05) is 0 Å². The molecule has 8 aromatic rings. The number of fused-ring (bicyclic) bond motifs is 11. The second-order valence-corrected chi connectivity index (χ2v) is 8.75. The van der Waals surface area contributed by atoms with Crippen molar-refractivity contribution in [2.45, 2.75) is 0 Å². The Kier molecular flexibility index (Phi) is 3.36. The minimum Gasteiger partial charge on any atom is -0.309 e. The first-order valence-corrected chi connectivity index (χ1v) is 11.4. The lowest BCUT2D eigenvalue weighted by Crippen LogP contribution is -1.95. The zero-order chi connectivity index (χ0) is 22.2. The lowest BCUT2D eigenvalue weighted by atomic mass is 10.1. The highest BCUT2D eigenvalue weighted by molar-refractivity contribution is 6.14. The predicted octanol–water partition coefficient (Wildman–Crippen LogP) is 7.29. The molecule has 4 heterocycles. The van der Waals surface area contributed by atoms with Gasteiger partial charge in [-0.2, -0.15) is 0 Å². The van der Waals surface area contributed by atoms with Crippen molar-refractivity contribution in [1.82, 2.24) is 18.9 Å². The zero-order valence-corrected chi connectivity index (χ0v) is 18.2. The number of hydrogen-bond acceptors (Lipinski definition) is 2. The van der Waals surface area contributed by atoms with Crippen molar-refractivity contribution in [2.24, 2.45) is 0 Å². The molecule has 4 aromatic heterocycles. The van der Waals surface area contributed by atoms with Crippen LogP contribution in [0.2, 0.25) is 0 Å². The molecule has 4 nitrogen and oxygen atoms in total. The molecular weight excluding hydrogens is 416 g/mol. The molecule has 0 aliphatic heterocycles. The molecule has 0 amide bonds. The van der Waals surface area contributed by atoms with E-state index in [1.807, 2.05) is 12.4 Å². The normalized spacial score (nSPS) is 12.1. The van der Waals surface area contributed by atoms with Crippen molar-refractivity contribution >= 4 is 60.2 Å². The molecule has 0 fully saturated rings.